The molecule has 9 heteroatoms. The predicted octanol–water partition coefficient (Wildman–Crippen LogP) is 1.05. The highest BCUT2D eigenvalue weighted by Gasteiger charge is 2.24. The van der Waals surface area contributed by atoms with Crippen LogP contribution in [0.5, 0.6) is 5.75 Å². The Labute approximate surface area is 132 Å². The summed E-state index contributed by atoms with van der Waals surface area (Å²) in [6.45, 7) is 4.96. The smallest absolute Gasteiger partial charge is 0.408 e. The number of nitro groups is 1. The summed E-state index contributed by atoms with van der Waals surface area (Å²) in [5.41, 5.74) is -0.929. The van der Waals surface area contributed by atoms with E-state index >= 15 is 0 Å². The highest BCUT2D eigenvalue weighted by atomic mass is 16.6. The number of benzene rings is 1. The maximum Gasteiger partial charge on any atom is 0.408 e. The van der Waals surface area contributed by atoms with Crippen molar-refractivity contribution in [1.82, 2.24) is 5.32 Å². The summed E-state index contributed by atoms with van der Waals surface area (Å²) in [6.07, 6.45) is -2.84. The molecule has 0 aromatic heterocycles. The van der Waals surface area contributed by atoms with E-state index in [-0.39, 0.29) is 6.42 Å². The van der Waals surface area contributed by atoms with Gasteiger partial charge in [-0.25, -0.2) is 4.79 Å². The van der Waals surface area contributed by atoms with Crippen molar-refractivity contribution in [1.29, 1.82) is 0 Å². The molecule has 128 valence electrons. The number of carbonyl (C=O) groups is 1. The van der Waals surface area contributed by atoms with Crippen LogP contribution in [0, 0.1) is 10.1 Å². The molecule has 1 atom stereocenters. The second kappa shape index (κ2) is 7.25. The number of phenols is 1. The summed E-state index contributed by atoms with van der Waals surface area (Å²) >= 11 is 0. The molecule has 0 bridgehead atoms. The Balaban J connectivity index is 2.86. The topological polar surface area (TPSA) is 142 Å². The normalized spacial score (nSPS) is 12.8. The number of ether oxygens (including phenoxy) is 1. The summed E-state index contributed by atoms with van der Waals surface area (Å²) in [5, 5.41) is 41.2. The Hall–Kier alpha value is -2.39. The SMILES string of the molecule is CC(C)(C)OC(=O)N[C@@H](Cc1ccc(O)c([N+](=O)[O-])c1)C(O)O. The quantitative estimate of drug-likeness (QED) is 0.359. The van der Waals surface area contributed by atoms with Crippen molar-refractivity contribution in [3.8, 4) is 5.75 Å². The lowest BCUT2D eigenvalue weighted by atomic mass is 10.0. The van der Waals surface area contributed by atoms with E-state index in [4.69, 9.17) is 4.74 Å². The molecule has 0 aliphatic heterocycles. The van der Waals surface area contributed by atoms with Crippen LogP contribution in [0.15, 0.2) is 18.2 Å². The molecule has 4 N–H and O–H groups in total. The first-order valence-corrected chi connectivity index (χ1v) is 6.81. The second-order valence-electron chi connectivity index (χ2n) is 5.95. The number of amides is 1. The van der Waals surface area contributed by atoms with Crippen LogP contribution >= 0.6 is 0 Å². The molecular formula is C14H20N2O7. The molecule has 0 unspecified atom stereocenters. The van der Waals surface area contributed by atoms with Crippen molar-refractivity contribution in [3.63, 3.8) is 0 Å². The second-order valence-corrected chi connectivity index (χ2v) is 5.95. The van der Waals surface area contributed by atoms with E-state index in [0.717, 1.165) is 12.1 Å². The van der Waals surface area contributed by atoms with E-state index < -0.39 is 40.4 Å². The molecule has 0 fully saturated rings. The Morgan fingerprint density at radius 2 is 2.00 bits per heavy atom. The number of hydrogen-bond acceptors (Lipinski definition) is 7. The van der Waals surface area contributed by atoms with Gasteiger partial charge in [-0.3, -0.25) is 10.1 Å². The first-order chi connectivity index (χ1) is 10.5. The minimum Gasteiger partial charge on any atom is -0.502 e. The number of aromatic hydroxyl groups is 1. The van der Waals surface area contributed by atoms with E-state index in [0.29, 0.717) is 5.56 Å². The molecule has 0 aliphatic rings. The maximum atomic E-state index is 11.7. The maximum absolute atomic E-state index is 11.7. The van der Waals surface area contributed by atoms with E-state index in [2.05, 4.69) is 5.32 Å². The van der Waals surface area contributed by atoms with Crippen LogP contribution in [0.3, 0.4) is 0 Å². The van der Waals surface area contributed by atoms with Gasteiger partial charge in [-0.2, -0.15) is 0 Å². The zero-order valence-corrected chi connectivity index (χ0v) is 13.0. The third-order valence-electron chi connectivity index (χ3n) is 2.75. The zero-order valence-electron chi connectivity index (χ0n) is 13.0. The van der Waals surface area contributed by atoms with E-state index in [1.54, 1.807) is 20.8 Å². The van der Waals surface area contributed by atoms with Crippen LogP contribution in [0.1, 0.15) is 26.3 Å². The number of aliphatic hydroxyl groups is 2. The molecule has 0 saturated carbocycles. The van der Waals surface area contributed by atoms with Crippen LogP contribution in [0.25, 0.3) is 0 Å². The highest BCUT2D eigenvalue weighted by molar-refractivity contribution is 5.68. The zero-order chi connectivity index (χ0) is 17.8. The van der Waals surface area contributed by atoms with Crippen molar-refractivity contribution in [2.24, 2.45) is 0 Å². The lowest BCUT2D eigenvalue weighted by Crippen LogP contribution is -2.46. The Morgan fingerprint density at radius 3 is 2.48 bits per heavy atom. The third kappa shape index (κ3) is 6.09. The van der Waals surface area contributed by atoms with E-state index in [1.165, 1.54) is 6.07 Å². The van der Waals surface area contributed by atoms with Gasteiger partial charge in [0.2, 0.25) is 0 Å². The number of rotatable bonds is 5. The fourth-order valence-electron chi connectivity index (χ4n) is 1.79. The standard InChI is InChI=1S/C14H20N2O7/c1-14(2,3)23-13(20)15-9(12(18)19)6-8-4-5-11(17)10(7-8)16(21)22/h4-5,7,9,12,17-19H,6H2,1-3H3,(H,15,20)/t9-/m0/s1. The lowest BCUT2D eigenvalue weighted by molar-refractivity contribution is -0.385. The van der Waals surface area contributed by atoms with Gasteiger partial charge in [-0.15, -0.1) is 0 Å². The van der Waals surface area contributed by atoms with Crippen LogP contribution in [0.4, 0.5) is 10.5 Å². The number of aliphatic hydroxyl groups excluding tert-OH is 1. The third-order valence-corrected chi connectivity index (χ3v) is 2.75. The number of hydrogen-bond donors (Lipinski definition) is 4. The minimum absolute atomic E-state index is 0.0992. The number of phenolic OH excluding ortho intramolecular Hbond substituents is 1. The van der Waals surface area contributed by atoms with Crippen molar-refractivity contribution >= 4 is 11.8 Å². The molecule has 0 spiro atoms. The van der Waals surface area contributed by atoms with Gasteiger partial charge >= 0.3 is 11.8 Å². The average molecular weight is 328 g/mol. The first kappa shape index (κ1) is 18.7. The molecule has 1 aromatic rings. The van der Waals surface area contributed by atoms with Crippen LogP contribution in [-0.4, -0.2) is 44.3 Å². The Kier molecular flexibility index (Phi) is 5.88. The first-order valence-electron chi connectivity index (χ1n) is 6.81. The average Bonchev–Trinajstić information content (AvgIpc) is 2.37. The van der Waals surface area contributed by atoms with Gasteiger partial charge in [0.25, 0.3) is 0 Å². The van der Waals surface area contributed by atoms with Gasteiger partial charge in [0.1, 0.15) is 5.60 Å². The molecule has 1 rings (SSSR count). The molecular weight excluding hydrogens is 308 g/mol. The lowest BCUT2D eigenvalue weighted by Gasteiger charge is -2.24. The summed E-state index contributed by atoms with van der Waals surface area (Å²) < 4.78 is 5.02. The summed E-state index contributed by atoms with van der Waals surface area (Å²) in [5.74, 6) is -0.500. The van der Waals surface area contributed by atoms with Gasteiger partial charge in [0.05, 0.1) is 11.0 Å². The Morgan fingerprint density at radius 1 is 1.39 bits per heavy atom. The van der Waals surface area contributed by atoms with Gasteiger partial charge in [0, 0.05) is 6.07 Å². The van der Waals surface area contributed by atoms with Crippen molar-refractivity contribution in [2.45, 2.75) is 45.1 Å². The minimum atomic E-state index is -1.89. The number of carbonyl (C=O) groups excluding carboxylic acids is 1. The predicted molar refractivity (Wildman–Crippen MR) is 79.8 cm³/mol. The monoisotopic (exact) mass is 328 g/mol. The highest BCUT2D eigenvalue weighted by Crippen LogP contribution is 2.27. The number of nitrogens with zero attached hydrogens (tertiary/aromatic N) is 1. The van der Waals surface area contributed by atoms with Gasteiger partial charge < -0.3 is 25.4 Å². The fraction of sp³-hybridized carbons (Fsp3) is 0.500. The van der Waals surface area contributed by atoms with Gasteiger partial charge in [-0.05, 0) is 38.8 Å². The molecule has 23 heavy (non-hydrogen) atoms. The molecule has 1 amide bonds. The van der Waals surface area contributed by atoms with E-state index in [1.807, 2.05) is 0 Å². The van der Waals surface area contributed by atoms with Crippen LogP contribution in [0.2, 0.25) is 0 Å². The molecule has 0 heterocycles. The number of nitrogens with one attached hydrogen (secondary N) is 1. The van der Waals surface area contributed by atoms with Gasteiger partial charge in [-0.1, -0.05) is 6.07 Å². The Bertz CT molecular complexity index is 581. The summed E-state index contributed by atoms with van der Waals surface area (Å²) in [6, 6.07) is 2.48. The largest absolute Gasteiger partial charge is 0.502 e. The fourth-order valence-corrected chi connectivity index (χ4v) is 1.79. The van der Waals surface area contributed by atoms with Crippen molar-refractivity contribution in [2.75, 3.05) is 0 Å². The van der Waals surface area contributed by atoms with Gasteiger partial charge in [0.15, 0.2) is 12.0 Å². The molecule has 9 nitrogen and oxygen atoms in total. The van der Waals surface area contributed by atoms with Crippen LogP contribution in [-0.2, 0) is 11.2 Å². The number of alkyl carbamates (subject to hydrolysis) is 1. The molecule has 0 saturated heterocycles. The van der Waals surface area contributed by atoms with E-state index in [9.17, 15) is 30.2 Å². The van der Waals surface area contributed by atoms with Crippen molar-refractivity contribution in [3.05, 3.63) is 33.9 Å². The number of nitro benzene ring substituents is 1. The van der Waals surface area contributed by atoms with Crippen LogP contribution < -0.4 is 5.32 Å². The molecule has 0 radical (unpaired) electrons. The van der Waals surface area contributed by atoms with Crippen molar-refractivity contribution < 1.29 is 29.8 Å². The summed E-state index contributed by atoms with van der Waals surface area (Å²) in [4.78, 5) is 21.7. The summed E-state index contributed by atoms with van der Waals surface area (Å²) in [7, 11) is 0. The molecule has 1 aromatic carbocycles. The molecule has 0 aliphatic carbocycles.